The summed E-state index contributed by atoms with van der Waals surface area (Å²) in [6.07, 6.45) is 2.19. The number of hydrogen-bond acceptors (Lipinski definition) is 5. The number of aliphatic imine (C=N–C) groups is 1. The number of hydrogen-bond donors (Lipinski definition) is 3. The molecular formula is C20H35N5O3. The number of aromatic nitrogens is 1. The fourth-order valence-electron chi connectivity index (χ4n) is 2.22. The summed E-state index contributed by atoms with van der Waals surface area (Å²) in [6, 6.07) is 3.84. The first kappa shape index (κ1) is 23.5. The molecule has 0 spiro atoms. The van der Waals surface area contributed by atoms with Gasteiger partial charge in [0.2, 0.25) is 5.88 Å². The summed E-state index contributed by atoms with van der Waals surface area (Å²) in [5.74, 6) is 1.24. The van der Waals surface area contributed by atoms with Crippen LogP contribution >= 0.6 is 0 Å². The Kier molecular flexibility index (Phi) is 9.02. The third-order valence-corrected chi connectivity index (χ3v) is 3.50. The van der Waals surface area contributed by atoms with Crippen molar-refractivity contribution >= 4 is 12.1 Å². The number of amides is 1. The summed E-state index contributed by atoms with van der Waals surface area (Å²) >= 11 is 0. The van der Waals surface area contributed by atoms with Crippen molar-refractivity contribution in [1.29, 1.82) is 0 Å². The van der Waals surface area contributed by atoms with E-state index < -0.39 is 17.2 Å². The second-order valence-corrected chi connectivity index (χ2v) is 8.11. The molecule has 0 saturated heterocycles. The second kappa shape index (κ2) is 10.7. The molecule has 0 radical (unpaired) electrons. The number of alkyl carbamates (subject to hydrolysis) is 1. The van der Waals surface area contributed by atoms with Gasteiger partial charge in [-0.2, -0.15) is 0 Å². The maximum atomic E-state index is 12.0. The average Bonchev–Trinajstić information content (AvgIpc) is 2.58. The number of nitrogens with zero attached hydrogens (tertiary/aromatic N) is 2. The fourth-order valence-corrected chi connectivity index (χ4v) is 2.22. The predicted octanol–water partition coefficient (Wildman–Crippen LogP) is 2.84. The van der Waals surface area contributed by atoms with Gasteiger partial charge in [-0.15, -0.1) is 0 Å². The highest BCUT2D eigenvalue weighted by Crippen LogP contribution is 2.14. The van der Waals surface area contributed by atoms with Crippen LogP contribution in [0.1, 0.15) is 53.5 Å². The largest absolute Gasteiger partial charge is 0.477 e. The summed E-state index contributed by atoms with van der Waals surface area (Å²) in [5.41, 5.74) is -0.110. The Labute approximate surface area is 168 Å². The van der Waals surface area contributed by atoms with E-state index in [2.05, 4.69) is 32.9 Å². The molecule has 0 bridgehead atoms. The molecule has 28 heavy (non-hydrogen) atoms. The van der Waals surface area contributed by atoms with Crippen LogP contribution in [0.15, 0.2) is 23.3 Å². The van der Waals surface area contributed by atoms with Gasteiger partial charge in [-0.1, -0.05) is 13.0 Å². The molecular weight excluding hydrogens is 358 g/mol. The highest BCUT2D eigenvalue weighted by molar-refractivity contribution is 5.79. The lowest BCUT2D eigenvalue weighted by atomic mass is 10.1. The van der Waals surface area contributed by atoms with Crippen LogP contribution in [-0.2, 0) is 11.3 Å². The Morgan fingerprint density at radius 1 is 1.21 bits per heavy atom. The van der Waals surface area contributed by atoms with Gasteiger partial charge in [-0.05, 0) is 47.1 Å². The van der Waals surface area contributed by atoms with Gasteiger partial charge in [0.1, 0.15) is 5.60 Å². The third kappa shape index (κ3) is 9.43. The van der Waals surface area contributed by atoms with Gasteiger partial charge < -0.3 is 25.4 Å². The summed E-state index contributed by atoms with van der Waals surface area (Å²) in [6.45, 7) is 13.0. The minimum Gasteiger partial charge on any atom is -0.477 e. The summed E-state index contributed by atoms with van der Waals surface area (Å²) in [7, 11) is 1.70. The van der Waals surface area contributed by atoms with E-state index in [1.54, 1.807) is 13.2 Å². The minimum absolute atomic E-state index is 0.449. The maximum absolute atomic E-state index is 12.0. The monoisotopic (exact) mass is 393 g/mol. The number of carbonyl (C=O) groups excluding carboxylic acids is 1. The second-order valence-electron chi connectivity index (χ2n) is 8.11. The van der Waals surface area contributed by atoms with Crippen molar-refractivity contribution in [2.75, 3.05) is 20.2 Å². The van der Waals surface area contributed by atoms with E-state index >= 15 is 0 Å². The Balaban J connectivity index is 2.56. The van der Waals surface area contributed by atoms with Crippen molar-refractivity contribution < 1.29 is 14.3 Å². The number of nitrogens with one attached hydrogen (secondary N) is 3. The number of pyridine rings is 1. The van der Waals surface area contributed by atoms with Crippen molar-refractivity contribution in [2.24, 2.45) is 4.99 Å². The third-order valence-electron chi connectivity index (χ3n) is 3.50. The van der Waals surface area contributed by atoms with Gasteiger partial charge in [-0.3, -0.25) is 4.99 Å². The first-order chi connectivity index (χ1) is 13.1. The average molecular weight is 394 g/mol. The highest BCUT2D eigenvalue weighted by atomic mass is 16.6. The van der Waals surface area contributed by atoms with E-state index in [-0.39, 0.29) is 0 Å². The number of guanidine groups is 1. The molecule has 1 rings (SSSR count). The van der Waals surface area contributed by atoms with Crippen molar-refractivity contribution in [3.8, 4) is 5.88 Å². The lowest BCUT2D eigenvalue weighted by Crippen LogP contribution is -2.54. The first-order valence-corrected chi connectivity index (χ1v) is 9.58. The number of rotatable bonds is 8. The lowest BCUT2D eigenvalue weighted by molar-refractivity contribution is 0.0474. The van der Waals surface area contributed by atoms with E-state index in [1.165, 1.54) is 0 Å². The molecule has 0 aliphatic carbocycles. The smallest absolute Gasteiger partial charge is 0.408 e. The van der Waals surface area contributed by atoms with E-state index in [4.69, 9.17) is 9.47 Å². The Morgan fingerprint density at radius 2 is 1.93 bits per heavy atom. The quantitative estimate of drug-likeness (QED) is 0.464. The molecule has 1 aromatic rings. The van der Waals surface area contributed by atoms with Crippen molar-refractivity contribution in [2.45, 2.75) is 65.6 Å². The molecule has 0 fully saturated rings. The Morgan fingerprint density at radius 3 is 2.54 bits per heavy atom. The van der Waals surface area contributed by atoms with E-state index in [1.807, 2.05) is 46.8 Å². The van der Waals surface area contributed by atoms with Crippen LogP contribution in [0.3, 0.4) is 0 Å². The van der Waals surface area contributed by atoms with Crippen LogP contribution in [0.2, 0.25) is 0 Å². The van der Waals surface area contributed by atoms with Crippen molar-refractivity contribution in [3.05, 3.63) is 23.9 Å². The molecule has 1 heterocycles. The number of ether oxygens (including phenoxy) is 2. The normalized spacial score (nSPS) is 12.3. The molecule has 1 aromatic heterocycles. The summed E-state index contributed by atoms with van der Waals surface area (Å²) < 4.78 is 11.0. The number of carbonyl (C=O) groups is 1. The van der Waals surface area contributed by atoms with Crippen LogP contribution in [0.25, 0.3) is 0 Å². The fraction of sp³-hybridized carbons (Fsp3) is 0.650. The van der Waals surface area contributed by atoms with Crippen molar-refractivity contribution in [1.82, 2.24) is 20.9 Å². The molecule has 0 atom stereocenters. The van der Waals surface area contributed by atoms with Gasteiger partial charge in [0.25, 0.3) is 0 Å². The van der Waals surface area contributed by atoms with E-state index in [9.17, 15) is 4.79 Å². The van der Waals surface area contributed by atoms with Crippen LogP contribution in [0, 0.1) is 0 Å². The van der Waals surface area contributed by atoms with E-state index in [0.29, 0.717) is 31.5 Å². The SMILES string of the molecule is CCCOc1ncccc1CNC(=NC)NCC(C)(C)NC(=O)OC(C)(C)C. The summed E-state index contributed by atoms with van der Waals surface area (Å²) in [4.78, 5) is 20.5. The zero-order valence-corrected chi connectivity index (χ0v) is 18.2. The van der Waals surface area contributed by atoms with Crippen molar-refractivity contribution in [3.63, 3.8) is 0 Å². The molecule has 0 aliphatic rings. The predicted molar refractivity (Wildman–Crippen MR) is 112 cm³/mol. The van der Waals surface area contributed by atoms with Gasteiger partial charge in [0, 0.05) is 31.9 Å². The van der Waals surface area contributed by atoms with Gasteiger partial charge in [0.05, 0.1) is 12.1 Å². The molecule has 0 aliphatic heterocycles. The molecule has 0 unspecified atom stereocenters. The molecule has 8 nitrogen and oxygen atoms in total. The zero-order valence-electron chi connectivity index (χ0n) is 18.2. The minimum atomic E-state index is -0.535. The maximum Gasteiger partial charge on any atom is 0.408 e. The van der Waals surface area contributed by atoms with Crippen LogP contribution in [0.4, 0.5) is 4.79 Å². The van der Waals surface area contributed by atoms with E-state index in [0.717, 1.165) is 12.0 Å². The Hall–Kier alpha value is -2.51. The molecule has 1 amide bonds. The topological polar surface area (TPSA) is 96.9 Å². The van der Waals surface area contributed by atoms with Crippen LogP contribution in [-0.4, -0.2) is 48.4 Å². The highest BCUT2D eigenvalue weighted by Gasteiger charge is 2.24. The Bertz CT molecular complexity index is 653. The molecule has 0 saturated carbocycles. The van der Waals surface area contributed by atoms with Gasteiger partial charge in [-0.25, -0.2) is 9.78 Å². The lowest BCUT2D eigenvalue weighted by Gasteiger charge is -2.29. The zero-order chi connectivity index (χ0) is 21.2. The molecule has 3 N–H and O–H groups in total. The molecule has 8 heteroatoms. The summed E-state index contributed by atoms with van der Waals surface area (Å²) in [5, 5.41) is 9.32. The first-order valence-electron chi connectivity index (χ1n) is 9.58. The van der Waals surface area contributed by atoms with Gasteiger partial charge in [0.15, 0.2) is 5.96 Å². The van der Waals surface area contributed by atoms with Crippen LogP contribution < -0.4 is 20.7 Å². The van der Waals surface area contributed by atoms with Crippen LogP contribution in [0.5, 0.6) is 5.88 Å². The molecule has 158 valence electrons. The standard InChI is InChI=1S/C20H35N5O3/c1-8-12-27-16-15(10-9-11-22-16)13-23-17(21-7)24-14-20(5,6)25-18(26)28-19(2,3)4/h9-11H,8,12-14H2,1-7H3,(H,25,26)(H2,21,23,24). The molecule has 0 aromatic carbocycles. The van der Waals surface area contributed by atoms with Gasteiger partial charge >= 0.3 is 6.09 Å².